The number of rotatable bonds is 32. The van der Waals surface area contributed by atoms with E-state index < -0.39 is 17.2 Å². The second-order valence-electron chi connectivity index (χ2n) is 10.8. The molecule has 0 bridgehead atoms. The van der Waals surface area contributed by atoms with Gasteiger partial charge in [-0.3, -0.25) is 4.79 Å². The van der Waals surface area contributed by atoms with Gasteiger partial charge in [0.1, 0.15) is 12.4 Å². The molecule has 0 heterocycles. The lowest BCUT2D eigenvalue weighted by atomic mass is 9.82. The van der Waals surface area contributed by atoms with Crippen LogP contribution in [-0.4, -0.2) is 147 Å². The Bertz CT molecular complexity index is 834. The van der Waals surface area contributed by atoms with Gasteiger partial charge in [0.15, 0.2) is 0 Å². The minimum atomic E-state index is -0.970. The molecule has 0 aromatic heterocycles. The highest BCUT2D eigenvalue weighted by atomic mass is 16.6. The van der Waals surface area contributed by atoms with E-state index in [1.165, 1.54) is 0 Å². The standard InChI is InChI=1S/C31H54BO13/c1-30(2,35)31(3,4)45-32-27-5-7-28(8-6-27)44-26-25-43-24-23-42-22-21-41-20-19-40-18-17-39-16-15-38-14-13-37-12-11-36-10-9-29(33)34/h5-8,35H,9-26H2,1-4H3,(H,33,34). The fourth-order valence-electron chi connectivity index (χ4n) is 3.02. The van der Waals surface area contributed by atoms with E-state index in [0.29, 0.717) is 106 Å². The highest BCUT2D eigenvalue weighted by Crippen LogP contribution is 2.24. The van der Waals surface area contributed by atoms with E-state index in [1.54, 1.807) is 21.3 Å². The number of carboxylic acid groups (broad SMARTS) is 1. The van der Waals surface area contributed by atoms with Gasteiger partial charge in [-0.05, 0) is 39.8 Å². The molecule has 1 aromatic carbocycles. The van der Waals surface area contributed by atoms with E-state index >= 15 is 0 Å². The molecule has 0 atom stereocenters. The number of aliphatic carboxylic acids is 1. The van der Waals surface area contributed by atoms with E-state index in [-0.39, 0.29) is 13.0 Å². The molecular formula is C31H54BO13. The maximum atomic E-state index is 10.3. The average molecular weight is 646 g/mol. The van der Waals surface area contributed by atoms with Crippen molar-refractivity contribution in [1.29, 1.82) is 0 Å². The summed E-state index contributed by atoms with van der Waals surface area (Å²) in [5, 5.41) is 18.7. The van der Waals surface area contributed by atoms with Crippen molar-refractivity contribution >= 4 is 18.9 Å². The van der Waals surface area contributed by atoms with Gasteiger partial charge in [-0.1, -0.05) is 17.6 Å². The van der Waals surface area contributed by atoms with Gasteiger partial charge in [0, 0.05) is 0 Å². The Morgan fingerprint density at radius 2 is 0.911 bits per heavy atom. The molecule has 0 aliphatic rings. The normalized spacial score (nSPS) is 12.0. The molecular weight excluding hydrogens is 591 g/mol. The van der Waals surface area contributed by atoms with Gasteiger partial charge in [-0.25, -0.2) is 0 Å². The summed E-state index contributed by atoms with van der Waals surface area (Å²) in [6, 6.07) is 7.51. The van der Waals surface area contributed by atoms with Crippen LogP contribution in [0.25, 0.3) is 0 Å². The molecule has 0 aliphatic heterocycles. The van der Waals surface area contributed by atoms with E-state index in [2.05, 4.69) is 0 Å². The Balaban J connectivity index is 1.78. The minimum absolute atomic E-state index is 0.00460. The van der Waals surface area contributed by atoms with E-state index in [0.717, 1.165) is 11.2 Å². The summed E-state index contributed by atoms with van der Waals surface area (Å²) in [4.78, 5) is 10.3. The average Bonchev–Trinajstić information content (AvgIpc) is 2.99. The van der Waals surface area contributed by atoms with Crippen LogP contribution in [0.15, 0.2) is 24.3 Å². The largest absolute Gasteiger partial charge is 0.491 e. The molecule has 1 rings (SSSR count). The summed E-state index contributed by atoms with van der Waals surface area (Å²) >= 11 is 0. The van der Waals surface area contributed by atoms with Crippen molar-refractivity contribution in [3.8, 4) is 5.75 Å². The molecule has 13 nitrogen and oxygen atoms in total. The van der Waals surface area contributed by atoms with Crippen LogP contribution in [0.2, 0.25) is 0 Å². The van der Waals surface area contributed by atoms with E-state index in [1.807, 2.05) is 38.1 Å². The number of hydrogen-bond donors (Lipinski definition) is 2. The van der Waals surface area contributed by atoms with Gasteiger partial charge in [-0.2, -0.15) is 0 Å². The van der Waals surface area contributed by atoms with Crippen LogP contribution in [0.3, 0.4) is 0 Å². The molecule has 14 heteroatoms. The Morgan fingerprint density at radius 1 is 0.578 bits per heavy atom. The van der Waals surface area contributed by atoms with Gasteiger partial charge < -0.3 is 57.5 Å². The van der Waals surface area contributed by atoms with Crippen molar-refractivity contribution in [2.75, 3.05) is 112 Å². The molecule has 0 amide bonds. The molecule has 0 spiro atoms. The fourth-order valence-corrected chi connectivity index (χ4v) is 3.02. The summed E-state index contributed by atoms with van der Waals surface area (Å²) < 4.78 is 54.7. The Labute approximate surface area is 268 Å². The smallest absolute Gasteiger partial charge is 0.330 e. The third-order valence-corrected chi connectivity index (χ3v) is 6.40. The first-order chi connectivity index (χ1) is 21.6. The molecule has 0 fully saturated rings. The van der Waals surface area contributed by atoms with Crippen LogP contribution in [-0.2, 0) is 47.3 Å². The number of hydrogen-bond acceptors (Lipinski definition) is 12. The summed E-state index contributed by atoms with van der Waals surface area (Å²) in [6.45, 7) is 14.6. The van der Waals surface area contributed by atoms with Crippen molar-refractivity contribution in [3.63, 3.8) is 0 Å². The number of ether oxygens (including phenoxy) is 9. The lowest BCUT2D eigenvalue weighted by Gasteiger charge is -2.37. The van der Waals surface area contributed by atoms with Gasteiger partial charge in [0.05, 0.1) is 123 Å². The first-order valence-corrected chi connectivity index (χ1v) is 15.4. The quantitative estimate of drug-likeness (QED) is 0.0862. The first kappa shape index (κ1) is 41.2. The molecule has 0 aliphatic carbocycles. The number of aliphatic hydroxyl groups is 1. The third-order valence-electron chi connectivity index (χ3n) is 6.40. The first-order valence-electron chi connectivity index (χ1n) is 15.4. The summed E-state index contributed by atoms with van der Waals surface area (Å²) in [5.74, 6) is -0.137. The van der Waals surface area contributed by atoms with Crippen molar-refractivity contribution in [2.24, 2.45) is 0 Å². The summed E-state index contributed by atoms with van der Waals surface area (Å²) in [7, 11) is 1.64. The van der Waals surface area contributed by atoms with Crippen molar-refractivity contribution in [3.05, 3.63) is 24.3 Å². The predicted octanol–water partition coefficient (Wildman–Crippen LogP) is 1.48. The number of benzene rings is 1. The predicted molar refractivity (Wildman–Crippen MR) is 168 cm³/mol. The number of carboxylic acids is 1. The minimum Gasteiger partial charge on any atom is -0.491 e. The Hall–Kier alpha value is -1.85. The third kappa shape index (κ3) is 24.1. The topological polar surface area (TPSA) is 150 Å². The fraction of sp³-hybridized carbons (Fsp3) is 0.774. The van der Waals surface area contributed by atoms with Crippen LogP contribution in [0, 0.1) is 0 Å². The second-order valence-corrected chi connectivity index (χ2v) is 10.8. The lowest BCUT2D eigenvalue weighted by Crippen LogP contribution is -2.49. The van der Waals surface area contributed by atoms with Crippen LogP contribution >= 0.6 is 0 Å². The van der Waals surface area contributed by atoms with Gasteiger partial charge in [0.2, 0.25) is 0 Å². The molecule has 0 unspecified atom stereocenters. The molecule has 1 radical (unpaired) electrons. The Morgan fingerprint density at radius 3 is 1.24 bits per heavy atom. The van der Waals surface area contributed by atoms with Crippen LogP contribution < -0.4 is 10.2 Å². The van der Waals surface area contributed by atoms with Gasteiger partial charge >= 0.3 is 13.5 Å². The zero-order valence-electron chi connectivity index (χ0n) is 27.5. The highest BCUT2D eigenvalue weighted by molar-refractivity contribution is 6.47. The molecule has 0 saturated heterocycles. The molecule has 0 saturated carbocycles. The Kier molecular flexibility index (Phi) is 24.0. The monoisotopic (exact) mass is 645 g/mol. The van der Waals surface area contributed by atoms with Gasteiger partial charge in [0.25, 0.3) is 0 Å². The van der Waals surface area contributed by atoms with Crippen LogP contribution in [0.5, 0.6) is 5.75 Å². The van der Waals surface area contributed by atoms with Crippen molar-refractivity contribution in [1.82, 2.24) is 0 Å². The number of carbonyl (C=O) groups is 1. The van der Waals surface area contributed by atoms with Crippen LogP contribution in [0.4, 0.5) is 0 Å². The van der Waals surface area contributed by atoms with E-state index in [9.17, 15) is 9.90 Å². The van der Waals surface area contributed by atoms with Crippen molar-refractivity contribution < 1.29 is 62.3 Å². The zero-order valence-corrected chi connectivity index (χ0v) is 27.5. The maximum absolute atomic E-state index is 10.3. The lowest BCUT2D eigenvalue weighted by molar-refractivity contribution is -0.138. The maximum Gasteiger partial charge on any atom is 0.330 e. The summed E-state index contributed by atoms with van der Waals surface area (Å²) in [5.41, 5.74) is -0.807. The van der Waals surface area contributed by atoms with Gasteiger partial charge in [-0.15, -0.1) is 0 Å². The van der Waals surface area contributed by atoms with Crippen molar-refractivity contribution in [2.45, 2.75) is 45.3 Å². The molecule has 259 valence electrons. The molecule has 45 heavy (non-hydrogen) atoms. The van der Waals surface area contributed by atoms with Crippen LogP contribution in [0.1, 0.15) is 34.1 Å². The second kappa shape index (κ2) is 26.2. The zero-order chi connectivity index (χ0) is 33.1. The van der Waals surface area contributed by atoms with E-state index in [4.69, 9.17) is 52.4 Å². The SMILES string of the molecule is CC(C)(O)C(C)(C)O[B]c1ccc(OCCOCCOCCOCCOCCOCCOCCOCCOCCC(=O)O)cc1. The summed E-state index contributed by atoms with van der Waals surface area (Å²) in [6.07, 6.45) is -0.00460. The highest BCUT2D eigenvalue weighted by Gasteiger charge is 2.35. The molecule has 2 N–H and O–H groups in total. The molecule has 1 aromatic rings.